The van der Waals surface area contributed by atoms with E-state index in [2.05, 4.69) is 10.6 Å². The molecule has 132 valence electrons. The summed E-state index contributed by atoms with van der Waals surface area (Å²) in [6.07, 6.45) is 0.322. The molecule has 1 aromatic heterocycles. The maximum absolute atomic E-state index is 12.2. The van der Waals surface area contributed by atoms with E-state index in [0.717, 1.165) is 0 Å². The van der Waals surface area contributed by atoms with E-state index in [1.165, 1.54) is 11.3 Å². The highest BCUT2D eigenvalue weighted by Gasteiger charge is 2.26. The summed E-state index contributed by atoms with van der Waals surface area (Å²) in [7, 11) is 0. The third-order valence-electron chi connectivity index (χ3n) is 3.74. The van der Waals surface area contributed by atoms with E-state index in [1.54, 1.807) is 50.2 Å². The molecule has 0 unspecified atom stereocenters. The largest absolute Gasteiger partial charge is 0.481 e. The van der Waals surface area contributed by atoms with Gasteiger partial charge in [0.25, 0.3) is 11.8 Å². The number of carbonyl (C=O) groups is 3. The average Bonchev–Trinajstić information content (AvgIpc) is 3.09. The van der Waals surface area contributed by atoms with Crippen LogP contribution in [0.2, 0.25) is 0 Å². The van der Waals surface area contributed by atoms with Crippen LogP contribution in [0.3, 0.4) is 0 Å². The number of thiophene rings is 1. The molecule has 1 aromatic carbocycles. The average molecular weight is 360 g/mol. The third-order valence-corrected chi connectivity index (χ3v) is 4.61. The summed E-state index contributed by atoms with van der Waals surface area (Å²) in [5, 5.41) is 16.3. The zero-order valence-electron chi connectivity index (χ0n) is 14.0. The molecule has 0 saturated carbocycles. The molecule has 6 nitrogen and oxygen atoms in total. The Kier molecular flexibility index (Phi) is 5.93. The fourth-order valence-corrected chi connectivity index (χ4v) is 2.66. The van der Waals surface area contributed by atoms with Crippen molar-refractivity contribution >= 4 is 34.8 Å². The predicted octanol–water partition coefficient (Wildman–Crippen LogP) is 3.23. The lowest BCUT2D eigenvalue weighted by molar-refractivity contribution is -0.147. The van der Waals surface area contributed by atoms with Gasteiger partial charge in [-0.3, -0.25) is 14.4 Å². The van der Waals surface area contributed by atoms with E-state index in [0.29, 0.717) is 22.5 Å². The first-order valence-corrected chi connectivity index (χ1v) is 8.64. The number of carbonyl (C=O) groups excluding carboxylic acids is 2. The highest BCUT2D eigenvalue weighted by atomic mass is 32.1. The summed E-state index contributed by atoms with van der Waals surface area (Å²) in [6, 6.07) is 10.1. The number of hydrogen-bond acceptors (Lipinski definition) is 4. The highest BCUT2D eigenvalue weighted by molar-refractivity contribution is 7.12. The van der Waals surface area contributed by atoms with Crippen molar-refractivity contribution in [3.05, 3.63) is 52.2 Å². The van der Waals surface area contributed by atoms with Gasteiger partial charge in [0.1, 0.15) is 0 Å². The van der Waals surface area contributed by atoms with E-state index in [9.17, 15) is 14.4 Å². The molecule has 25 heavy (non-hydrogen) atoms. The molecule has 2 amide bonds. The molecule has 7 heteroatoms. The van der Waals surface area contributed by atoms with Crippen molar-refractivity contribution in [1.82, 2.24) is 5.32 Å². The topological polar surface area (TPSA) is 95.5 Å². The molecule has 0 bridgehead atoms. The van der Waals surface area contributed by atoms with Crippen LogP contribution >= 0.6 is 11.3 Å². The molecule has 0 aliphatic heterocycles. The Morgan fingerprint density at radius 2 is 1.88 bits per heavy atom. The molecular formula is C18H20N2O4S. The third kappa shape index (κ3) is 5.15. The van der Waals surface area contributed by atoms with Gasteiger partial charge < -0.3 is 15.7 Å². The quantitative estimate of drug-likeness (QED) is 0.706. The summed E-state index contributed by atoms with van der Waals surface area (Å²) in [5.74, 6) is -1.44. The minimum atomic E-state index is -0.903. The maximum atomic E-state index is 12.2. The monoisotopic (exact) mass is 360 g/mol. The van der Waals surface area contributed by atoms with Gasteiger partial charge in [-0.1, -0.05) is 12.1 Å². The first-order chi connectivity index (χ1) is 11.8. The van der Waals surface area contributed by atoms with Crippen molar-refractivity contribution in [3.63, 3.8) is 0 Å². The number of anilines is 1. The van der Waals surface area contributed by atoms with Crippen LogP contribution in [0.4, 0.5) is 5.69 Å². The van der Waals surface area contributed by atoms with Crippen molar-refractivity contribution in [2.24, 2.45) is 5.41 Å². The van der Waals surface area contributed by atoms with Crippen molar-refractivity contribution in [1.29, 1.82) is 0 Å². The van der Waals surface area contributed by atoms with E-state index >= 15 is 0 Å². The summed E-state index contributed by atoms with van der Waals surface area (Å²) in [6.45, 7) is 3.48. The second-order valence-electron chi connectivity index (χ2n) is 6.21. The summed E-state index contributed by atoms with van der Waals surface area (Å²) < 4.78 is 0. The molecule has 3 N–H and O–H groups in total. The molecule has 2 rings (SSSR count). The zero-order valence-corrected chi connectivity index (χ0v) is 14.9. The number of aliphatic carboxylic acids is 1. The van der Waals surface area contributed by atoms with Gasteiger partial charge in [-0.25, -0.2) is 0 Å². The second kappa shape index (κ2) is 7.94. The van der Waals surface area contributed by atoms with Crippen LogP contribution in [-0.2, 0) is 4.79 Å². The normalized spacial score (nSPS) is 11.0. The summed E-state index contributed by atoms with van der Waals surface area (Å²) in [5.41, 5.74) is 0.0260. The van der Waals surface area contributed by atoms with E-state index in [-0.39, 0.29) is 18.4 Å². The number of carboxylic acids is 1. The van der Waals surface area contributed by atoms with Gasteiger partial charge in [0.15, 0.2) is 0 Å². The van der Waals surface area contributed by atoms with E-state index in [4.69, 9.17) is 5.11 Å². The molecule has 1 heterocycles. The molecule has 0 saturated heterocycles. The molecule has 0 aliphatic carbocycles. The van der Waals surface area contributed by atoms with Gasteiger partial charge in [-0.15, -0.1) is 11.3 Å². The van der Waals surface area contributed by atoms with Crippen LogP contribution in [-0.4, -0.2) is 29.4 Å². The lowest BCUT2D eigenvalue weighted by Crippen LogP contribution is -2.32. The number of amides is 2. The van der Waals surface area contributed by atoms with Gasteiger partial charge in [-0.05, 0) is 49.9 Å². The van der Waals surface area contributed by atoms with Crippen LogP contribution < -0.4 is 10.6 Å². The standard InChI is InChI=1S/C18H20N2O4S/c1-18(2,17(23)24)8-9-19-15(21)12-5-3-6-13(11-12)20-16(22)14-7-4-10-25-14/h3-7,10-11H,8-9H2,1-2H3,(H,19,21)(H,20,22)(H,23,24). The Morgan fingerprint density at radius 1 is 1.12 bits per heavy atom. The summed E-state index contributed by atoms with van der Waals surface area (Å²) in [4.78, 5) is 35.9. The molecule has 2 aromatic rings. The lowest BCUT2D eigenvalue weighted by atomic mass is 9.90. The Morgan fingerprint density at radius 3 is 2.52 bits per heavy atom. The number of rotatable bonds is 7. The Labute approximate surface area is 149 Å². The van der Waals surface area contributed by atoms with E-state index in [1.807, 2.05) is 5.38 Å². The van der Waals surface area contributed by atoms with Crippen LogP contribution in [0.1, 0.15) is 40.3 Å². The fourth-order valence-electron chi connectivity index (χ4n) is 2.04. The SMILES string of the molecule is CC(C)(CCNC(=O)c1cccc(NC(=O)c2cccs2)c1)C(=O)O. The second-order valence-corrected chi connectivity index (χ2v) is 7.15. The Balaban J connectivity index is 1.95. The molecule has 0 aliphatic rings. The molecule has 0 radical (unpaired) electrons. The Bertz CT molecular complexity index is 769. The smallest absolute Gasteiger partial charge is 0.309 e. The van der Waals surface area contributed by atoms with Gasteiger partial charge >= 0.3 is 5.97 Å². The van der Waals surface area contributed by atoms with Gasteiger partial charge in [0, 0.05) is 17.8 Å². The molecule has 0 spiro atoms. The number of nitrogens with one attached hydrogen (secondary N) is 2. The molecule has 0 atom stereocenters. The van der Waals surface area contributed by atoms with Crippen LogP contribution in [0.15, 0.2) is 41.8 Å². The van der Waals surface area contributed by atoms with Gasteiger partial charge in [0.2, 0.25) is 0 Å². The van der Waals surface area contributed by atoms with Crippen LogP contribution in [0, 0.1) is 5.41 Å². The first kappa shape index (κ1) is 18.7. The molecular weight excluding hydrogens is 340 g/mol. The molecule has 0 fully saturated rings. The lowest BCUT2D eigenvalue weighted by Gasteiger charge is -2.18. The minimum absolute atomic E-state index is 0.226. The van der Waals surface area contributed by atoms with E-state index < -0.39 is 11.4 Å². The number of benzene rings is 1. The van der Waals surface area contributed by atoms with Crippen molar-refractivity contribution in [2.75, 3.05) is 11.9 Å². The zero-order chi connectivity index (χ0) is 18.4. The fraction of sp³-hybridized carbons (Fsp3) is 0.278. The number of hydrogen-bond donors (Lipinski definition) is 3. The van der Waals surface area contributed by atoms with Crippen molar-refractivity contribution in [2.45, 2.75) is 20.3 Å². The highest BCUT2D eigenvalue weighted by Crippen LogP contribution is 2.19. The predicted molar refractivity (Wildman–Crippen MR) is 97.1 cm³/mol. The minimum Gasteiger partial charge on any atom is -0.481 e. The van der Waals surface area contributed by atoms with Crippen LogP contribution in [0.25, 0.3) is 0 Å². The van der Waals surface area contributed by atoms with Crippen LogP contribution in [0.5, 0.6) is 0 Å². The number of carboxylic acid groups (broad SMARTS) is 1. The van der Waals surface area contributed by atoms with Gasteiger partial charge in [0.05, 0.1) is 10.3 Å². The van der Waals surface area contributed by atoms with Gasteiger partial charge in [-0.2, -0.15) is 0 Å². The first-order valence-electron chi connectivity index (χ1n) is 7.76. The summed E-state index contributed by atoms with van der Waals surface area (Å²) >= 11 is 1.34. The van der Waals surface area contributed by atoms with Crippen molar-refractivity contribution in [3.8, 4) is 0 Å². The Hall–Kier alpha value is -2.67. The van der Waals surface area contributed by atoms with Crippen molar-refractivity contribution < 1.29 is 19.5 Å². The maximum Gasteiger partial charge on any atom is 0.309 e.